The van der Waals surface area contributed by atoms with E-state index < -0.39 is 0 Å². The van der Waals surface area contributed by atoms with Crippen LogP contribution in [0.15, 0.2) is 42.7 Å². The molecule has 1 aromatic carbocycles. The number of benzene rings is 1. The second-order valence-corrected chi connectivity index (χ2v) is 4.62. The van der Waals surface area contributed by atoms with Crippen LogP contribution in [0.5, 0.6) is 5.75 Å². The Labute approximate surface area is 111 Å². The molecule has 0 spiro atoms. The van der Waals surface area contributed by atoms with Crippen molar-refractivity contribution in [1.29, 1.82) is 0 Å². The monoisotopic (exact) mass is 258 g/mol. The van der Waals surface area contributed by atoms with Crippen LogP contribution in [0, 0.1) is 5.82 Å². The van der Waals surface area contributed by atoms with Gasteiger partial charge in [0.15, 0.2) is 0 Å². The maximum Gasteiger partial charge on any atom is 0.141 e. The summed E-state index contributed by atoms with van der Waals surface area (Å²) in [6.07, 6.45) is 3.81. The Bertz CT molecular complexity index is 574. The molecule has 0 saturated carbocycles. The minimum atomic E-state index is -0.299. The van der Waals surface area contributed by atoms with Crippen molar-refractivity contribution in [2.24, 2.45) is 0 Å². The van der Waals surface area contributed by atoms with Gasteiger partial charge >= 0.3 is 0 Å². The third-order valence-electron chi connectivity index (χ3n) is 3.27. The molecule has 19 heavy (non-hydrogen) atoms. The Morgan fingerprint density at radius 3 is 3.11 bits per heavy atom. The van der Waals surface area contributed by atoms with E-state index in [1.165, 1.54) is 12.3 Å². The first-order valence-electron chi connectivity index (χ1n) is 6.37. The molecule has 3 nitrogen and oxygen atoms in total. The number of fused-ring (bicyclic) bond motifs is 1. The molecule has 98 valence electrons. The Morgan fingerprint density at radius 2 is 2.21 bits per heavy atom. The van der Waals surface area contributed by atoms with Gasteiger partial charge in [-0.15, -0.1) is 0 Å². The Morgan fingerprint density at radius 1 is 1.32 bits per heavy atom. The molecule has 1 unspecified atom stereocenters. The molecule has 3 rings (SSSR count). The highest BCUT2D eigenvalue weighted by Gasteiger charge is 2.20. The van der Waals surface area contributed by atoms with Gasteiger partial charge in [0, 0.05) is 30.8 Å². The molecule has 0 amide bonds. The zero-order valence-electron chi connectivity index (χ0n) is 10.5. The standard InChI is InChI=1S/C15H15FN2O/c16-12-7-11(8-17-10-12)9-18-14-5-6-19-15-4-2-1-3-13(14)15/h1-4,7-8,10,14,18H,5-6,9H2. The van der Waals surface area contributed by atoms with Gasteiger partial charge in [-0.2, -0.15) is 0 Å². The third-order valence-corrected chi connectivity index (χ3v) is 3.27. The van der Waals surface area contributed by atoms with Crippen LogP contribution in [-0.4, -0.2) is 11.6 Å². The van der Waals surface area contributed by atoms with Crippen LogP contribution < -0.4 is 10.1 Å². The third kappa shape index (κ3) is 2.74. The number of pyridine rings is 1. The highest BCUT2D eigenvalue weighted by atomic mass is 19.1. The first-order chi connectivity index (χ1) is 9.33. The number of nitrogens with one attached hydrogen (secondary N) is 1. The van der Waals surface area contributed by atoms with Gasteiger partial charge in [0.1, 0.15) is 11.6 Å². The SMILES string of the molecule is Fc1cncc(CNC2CCOc3ccccc32)c1. The normalized spacial score (nSPS) is 17.6. The summed E-state index contributed by atoms with van der Waals surface area (Å²) >= 11 is 0. The summed E-state index contributed by atoms with van der Waals surface area (Å²) in [5, 5.41) is 3.43. The van der Waals surface area contributed by atoms with Crippen molar-refractivity contribution < 1.29 is 9.13 Å². The van der Waals surface area contributed by atoms with E-state index in [0.717, 1.165) is 23.3 Å². The van der Waals surface area contributed by atoms with E-state index in [9.17, 15) is 4.39 Å². The molecular formula is C15H15FN2O. The van der Waals surface area contributed by atoms with Gasteiger partial charge in [-0.3, -0.25) is 4.98 Å². The predicted molar refractivity (Wildman–Crippen MR) is 70.3 cm³/mol. The van der Waals surface area contributed by atoms with E-state index in [-0.39, 0.29) is 11.9 Å². The Hall–Kier alpha value is -1.94. The van der Waals surface area contributed by atoms with Gasteiger partial charge < -0.3 is 10.1 Å². The second kappa shape index (κ2) is 5.36. The van der Waals surface area contributed by atoms with Gasteiger partial charge in [-0.1, -0.05) is 18.2 Å². The fourth-order valence-corrected chi connectivity index (χ4v) is 2.35. The second-order valence-electron chi connectivity index (χ2n) is 4.62. The predicted octanol–water partition coefficient (Wildman–Crippen LogP) is 2.83. The number of halogens is 1. The number of para-hydroxylation sites is 1. The lowest BCUT2D eigenvalue weighted by Crippen LogP contribution is -2.26. The molecule has 0 saturated heterocycles. The quantitative estimate of drug-likeness (QED) is 0.919. The Kier molecular flexibility index (Phi) is 3.42. The first-order valence-corrected chi connectivity index (χ1v) is 6.37. The van der Waals surface area contributed by atoms with Crippen molar-refractivity contribution in [3.63, 3.8) is 0 Å². The van der Waals surface area contributed by atoms with E-state index in [0.29, 0.717) is 13.2 Å². The summed E-state index contributed by atoms with van der Waals surface area (Å²) in [4.78, 5) is 3.85. The average molecular weight is 258 g/mol. The van der Waals surface area contributed by atoms with Crippen molar-refractivity contribution >= 4 is 0 Å². The van der Waals surface area contributed by atoms with E-state index in [1.807, 2.05) is 18.2 Å². The van der Waals surface area contributed by atoms with Crippen LogP contribution in [-0.2, 0) is 6.54 Å². The molecule has 1 aliphatic heterocycles. The topological polar surface area (TPSA) is 34.2 Å². The van der Waals surface area contributed by atoms with Crippen molar-refractivity contribution in [3.05, 3.63) is 59.7 Å². The lowest BCUT2D eigenvalue weighted by Gasteiger charge is -2.26. The van der Waals surface area contributed by atoms with Crippen LogP contribution >= 0.6 is 0 Å². The van der Waals surface area contributed by atoms with Crippen LogP contribution in [0.2, 0.25) is 0 Å². The van der Waals surface area contributed by atoms with Crippen molar-refractivity contribution in [2.45, 2.75) is 19.0 Å². The van der Waals surface area contributed by atoms with Crippen molar-refractivity contribution in [1.82, 2.24) is 10.3 Å². The molecule has 4 heteroatoms. The summed E-state index contributed by atoms with van der Waals surface area (Å²) in [6.45, 7) is 1.31. The zero-order chi connectivity index (χ0) is 13.1. The average Bonchev–Trinajstić information content (AvgIpc) is 2.45. The molecule has 1 N–H and O–H groups in total. The number of nitrogens with zero attached hydrogens (tertiary/aromatic N) is 1. The number of hydrogen-bond donors (Lipinski definition) is 1. The fraction of sp³-hybridized carbons (Fsp3) is 0.267. The van der Waals surface area contributed by atoms with Crippen LogP contribution in [0.4, 0.5) is 4.39 Å². The van der Waals surface area contributed by atoms with E-state index >= 15 is 0 Å². The molecule has 2 aromatic rings. The van der Waals surface area contributed by atoms with Crippen molar-refractivity contribution in [3.8, 4) is 5.75 Å². The number of aromatic nitrogens is 1. The minimum Gasteiger partial charge on any atom is -0.493 e. The largest absolute Gasteiger partial charge is 0.493 e. The van der Waals surface area contributed by atoms with Gasteiger partial charge in [0.2, 0.25) is 0 Å². The molecule has 0 aliphatic carbocycles. The highest BCUT2D eigenvalue weighted by Crippen LogP contribution is 2.31. The summed E-state index contributed by atoms with van der Waals surface area (Å²) in [5.41, 5.74) is 2.02. The summed E-state index contributed by atoms with van der Waals surface area (Å²) < 4.78 is 18.7. The van der Waals surface area contributed by atoms with Gasteiger partial charge in [-0.25, -0.2) is 4.39 Å². The fourth-order valence-electron chi connectivity index (χ4n) is 2.35. The number of hydrogen-bond acceptors (Lipinski definition) is 3. The molecule has 1 aromatic heterocycles. The molecule has 1 aliphatic rings. The molecule has 0 fully saturated rings. The van der Waals surface area contributed by atoms with Crippen molar-refractivity contribution in [2.75, 3.05) is 6.61 Å². The van der Waals surface area contributed by atoms with E-state index in [4.69, 9.17) is 4.74 Å². The van der Waals surface area contributed by atoms with Crippen LogP contribution in [0.1, 0.15) is 23.6 Å². The van der Waals surface area contributed by atoms with Gasteiger partial charge in [0.05, 0.1) is 12.8 Å². The van der Waals surface area contributed by atoms with Crippen LogP contribution in [0.25, 0.3) is 0 Å². The summed E-state index contributed by atoms with van der Waals surface area (Å²) in [5.74, 6) is 0.635. The van der Waals surface area contributed by atoms with Gasteiger partial charge in [-0.05, 0) is 17.7 Å². The zero-order valence-corrected chi connectivity index (χ0v) is 10.5. The maximum atomic E-state index is 13.1. The molecule has 0 bridgehead atoms. The van der Waals surface area contributed by atoms with Crippen LogP contribution in [0.3, 0.4) is 0 Å². The minimum absolute atomic E-state index is 0.244. The summed E-state index contributed by atoms with van der Waals surface area (Å²) in [7, 11) is 0. The lowest BCUT2D eigenvalue weighted by molar-refractivity contribution is 0.252. The first kappa shape index (κ1) is 12.1. The number of rotatable bonds is 3. The molecular weight excluding hydrogens is 243 g/mol. The molecule has 1 atom stereocenters. The smallest absolute Gasteiger partial charge is 0.141 e. The van der Waals surface area contributed by atoms with E-state index in [1.54, 1.807) is 6.20 Å². The summed E-state index contributed by atoms with van der Waals surface area (Å²) in [6, 6.07) is 9.77. The molecule has 0 radical (unpaired) electrons. The molecule has 2 heterocycles. The van der Waals surface area contributed by atoms with E-state index in [2.05, 4.69) is 16.4 Å². The Balaban J connectivity index is 1.71. The number of ether oxygens (including phenoxy) is 1. The lowest BCUT2D eigenvalue weighted by atomic mass is 10.0. The maximum absolute atomic E-state index is 13.1. The van der Waals surface area contributed by atoms with Gasteiger partial charge in [0.25, 0.3) is 0 Å². The highest BCUT2D eigenvalue weighted by molar-refractivity contribution is 5.37.